The second-order valence-electron chi connectivity index (χ2n) is 2.57. The van der Waals surface area contributed by atoms with Gasteiger partial charge in [-0.25, -0.2) is 17.9 Å². The van der Waals surface area contributed by atoms with E-state index in [1.54, 1.807) is 0 Å². The van der Waals surface area contributed by atoms with E-state index in [4.69, 9.17) is 0 Å². The molecule has 0 aliphatic rings. The second kappa shape index (κ2) is 4.14. The molecular formula is C5HF11O. The molecule has 0 saturated heterocycles. The van der Waals surface area contributed by atoms with Crippen LogP contribution in [0.25, 0.3) is 0 Å². The standard InChI is InChI=1S/C5HF11O/c6-1(7)2(8,3(9,10)11)4(12,13)17-5(14,15)16/h1H. The van der Waals surface area contributed by atoms with Gasteiger partial charge in [-0.2, -0.15) is 22.0 Å². The highest BCUT2D eigenvalue weighted by atomic mass is 19.4. The van der Waals surface area contributed by atoms with E-state index in [-0.39, 0.29) is 0 Å². The zero-order valence-corrected chi connectivity index (χ0v) is 7.14. The van der Waals surface area contributed by atoms with Crippen LogP contribution in [0.2, 0.25) is 0 Å². The topological polar surface area (TPSA) is 9.23 Å². The summed E-state index contributed by atoms with van der Waals surface area (Å²) in [4.78, 5) is 0. The monoisotopic (exact) mass is 286 g/mol. The third kappa shape index (κ3) is 3.10. The summed E-state index contributed by atoms with van der Waals surface area (Å²) in [5.74, 6) is 0. The van der Waals surface area contributed by atoms with Crippen LogP contribution in [0.15, 0.2) is 0 Å². The zero-order valence-electron chi connectivity index (χ0n) is 7.14. The third-order valence-corrected chi connectivity index (χ3v) is 1.38. The van der Waals surface area contributed by atoms with Crippen molar-refractivity contribution in [3.63, 3.8) is 0 Å². The Morgan fingerprint density at radius 3 is 1.24 bits per heavy atom. The third-order valence-electron chi connectivity index (χ3n) is 1.38. The molecule has 1 atom stereocenters. The molecule has 17 heavy (non-hydrogen) atoms. The summed E-state index contributed by atoms with van der Waals surface area (Å²) in [6, 6.07) is 0. The Morgan fingerprint density at radius 1 is 0.706 bits per heavy atom. The molecule has 0 aliphatic heterocycles. The SMILES string of the molecule is FC(F)C(F)(C(F)(F)F)C(F)(F)OC(F)(F)F. The van der Waals surface area contributed by atoms with E-state index < -0.39 is 30.7 Å². The fourth-order valence-electron chi connectivity index (χ4n) is 0.635. The van der Waals surface area contributed by atoms with E-state index in [2.05, 4.69) is 0 Å². The average molecular weight is 286 g/mol. The molecule has 0 rings (SSSR count). The predicted molar refractivity (Wildman–Crippen MR) is 28.0 cm³/mol. The summed E-state index contributed by atoms with van der Waals surface area (Å²) in [5, 5.41) is 0. The van der Waals surface area contributed by atoms with Crippen LogP contribution >= 0.6 is 0 Å². The van der Waals surface area contributed by atoms with Gasteiger partial charge in [0.25, 0.3) is 6.43 Å². The first-order valence-corrected chi connectivity index (χ1v) is 3.33. The molecule has 12 heteroatoms. The lowest BCUT2D eigenvalue weighted by molar-refractivity contribution is -0.484. The van der Waals surface area contributed by atoms with Crippen molar-refractivity contribution in [2.24, 2.45) is 0 Å². The predicted octanol–water partition coefficient (Wildman–Crippen LogP) is 3.65. The van der Waals surface area contributed by atoms with Crippen LogP contribution in [0.4, 0.5) is 48.3 Å². The Balaban J connectivity index is 5.49. The van der Waals surface area contributed by atoms with Crippen LogP contribution in [0.5, 0.6) is 0 Å². The molecule has 0 aromatic rings. The van der Waals surface area contributed by atoms with Gasteiger partial charge in [-0.05, 0) is 0 Å². The van der Waals surface area contributed by atoms with Gasteiger partial charge in [-0.3, -0.25) is 0 Å². The summed E-state index contributed by atoms with van der Waals surface area (Å²) in [6.45, 7) is 0. The number of halogens is 11. The largest absolute Gasteiger partial charge is 0.527 e. The summed E-state index contributed by atoms with van der Waals surface area (Å²) >= 11 is 0. The van der Waals surface area contributed by atoms with E-state index in [1.165, 1.54) is 4.74 Å². The van der Waals surface area contributed by atoms with Crippen LogP contribution < -0.4 is 0 Å². The highest BCUT2D eigenvalue weighted by Crippen LogP contribution is 2.51. The van der Waals surface area contributed by atoms with Gasteiger partial charge in [0.2, 0.25) is 0 Å². The van der Waals surface area contributed by atoms with Crippen LogP contribution in [0, 0.1) is 0 Å². The highest BCUT2D eigenvalue weighted by molar-refractivity contribution is 4.97. The molecule has 0 fully saturated rings. The smallest absolute Gasteiger partial charge is 0.223 e. The molecule has 0 amide bonds. The Labute approximate surface area is 85.1 Å². The molecule has 0 bridgehead atoms. The lowest BCUT2D eigenvalue weighted by Gasteiger charge is -2.33. The van der Waals surface area contributed by atoms with Crippen molar-refractivity contribution in [2.75, 3.05) is 0 Å². The number of hydrogen-bond donors (Lipinski definition) is 0. The first-order chi connectivity index (χ1) is 7.15. The minimum atomic E-state index is -6.96. The van der Waals surface area contributed by atoms with Gasteiger partial charge in [-0.1, -0.05) is 0 Å². The van der Waals surface area contributed by atoms with Gasteiger partial charge >= 0.3 is 24.3 Å². The molecule has 104 valence electrons. The van der Waals surface area contributed by atoms with Gasteiger partial charge in [0, 0.05) is 0 Å². The summed E-state index contributed by atoms with van der Waals surface area (Å²) in [6.07, 6.45) is -25.7. The molecule has 0 aromatic carbocycles. The van der Waals surface area contributed by atoms with E-state index in [0.29, 0.717) is 0 Å². The van der Waals surface area contributed by atoms with Crippen LogP contribution in [-0.4, -0.2) is 30.7 Å². The van der Waals surface area contributed by atoms with Crippen LogP contribution in [-0.2, 0) is 4.74 Å². The molecule has 1 unspecified atom stereocenters. The molecule has 0 aromatic heterocycles. The van der Waals surface area contributed by atoms with E-state index >= 15 is 0 Å². The highest BCUT2D eigenvalue weighted by Gasteiger charge is 2.79. The lowest BCUT2D eigenvalue weighted by atomic mass is 10.1. The Morgan fingerprint density at radius 2 is 1.06 bits per heavy atom. The van der Waals surface area contributed by atoms with Gasteiger partial charge in [0.1, 0.15) is 0 Å². The fourth-order valence-corrected chi connectivity index (χ4v) is 0.635. The minimum Gasteiger partial charge on any atom is -0.223 e. The first-order valence-electron chi connectivity index (χ1n) is 3.33. The molecule has 0 spiro atoms. The lowest BCUT2D eigenvalue weighted by Crippen LogP contribution is -2.62. The fraction of sp³-hybridized carbons (Fsp3) is 1.00. The van der Waals surface area contributed by atoms with Crippen molar-refractivity contribution >= 4 is 0 Å². The molecular weight excluding hydrogens is 285 g/mol. The summed E-state index contributed by atoms with van der Waals surface area (Å²) < 4.78 is 130. The maximum absolute atomic E-state index is 12.5. The zero-order chi connectivity index (χ0) is 14.3. The molecule has 1 nitrogen and oxygen atoms in total. The number of ether oxygens (including phenoxy) is 1. The Hall–Kier alpha value is -0.810. The minimum absolute atomic E-state index is 1.47. The average Bonchev–Trinajstić information content (AvgIpc) is 1.94. The van der Waals surface area contributed by atoms with E-state index in [1.807, 2.05) is 0 Å². The maximum atomic E-state index is 12.5. The molecule has 0 radical (unpaired) electrons. The first kappa shape index (κ1) is 16.2. The van der Waals surface area contributed by atoms with Crippen molar-refractivity contribution in [1.82, 2.24) is 0 Å². The van der Waals surface area contributed by atoms with Gasteiger partial charge < -0.3 is 0 Å². The van der Waals surface area contributed by atoms with Crippen molar-refractivity contribution in [1.29, 1.82) is 0 Å². The molecule has 0 heterocycles. The molecule has 0 N–H and O–H groups in total. The Kier molecular flexibility index (Phi) is 3.94. The quantitative estimate of drug-likeness (QED) is 0.719. The van der Waals surface area contributed by atoms with Crippen molar-refractivity contribution in [3.8, 4) is 0 Å². The van der Waals surface area contributed by atoms with Crippen molar-refractivity contribution in [2.45, 2.75) is 30.7 Å². The molecule has 0 aliphatic carbocycles. The van der Waals surface area contributed by atoms with Gasteiger partial charge in [-0.15, -0.1) is 13.2 Å². The van der Waals surface area contributed by atoms with Crippen molar-refractivity contribution in [3.05, 3.63) is 0 Å². The molecule has 0 saturated carbocycles. The van der Waals surface area contributed by atoms with Crippen LogP contribution in [0.3, 0.4) is 0 Å². The number of alkyl halides is 11. The van der Waals surface area contributed by atoms with Crippen molar-refractivity contribution < 1.29 is 53.0 Å². The van der Waals surface area contributed by atoms with Gasteiger partial charge in [0.15, 0.2) is 0 Å². The number of rotatable bonds is 3. The summed E-state index contributed by atoms with van der Waals surface area (Å²) in [5.41, 5.74) is -6.77. The van der Waals surface area contributed by atoms with E-state index in [0.717, 1.165) is 0 Å². The second-order valence-corrected chi connectivity index (χ2v) is 2.57. The summed E-state index contributed by atoms with van der Waals surface area (Å²) in [7, 11) is 0. The number of hydrogen-bond acceptors (Lipinski definition) is 1. The maximum Gasteiger partial charge on any atom is 0.527 e. The van der Waals surface area contributed by atoms with Crippen LogP contribution in [0.1, 0.15) is 0 Å². The van der Waals surface area contributed by atoms with E-state index in [9.17, 15) is 48.3 Å². The van der Waals surface area contributed by atoms with Gasteiger partial charge in [0.05, 0.1) is 0 Å². The Bertz CT molecular complexity index is 264. The normalized spacial score (nSPS) is 18.4.